The van der Waals surface area contributed by atoms with Crippen LogP contribution in [0.4, 0.5) is 11.4 Å². The maximum atomic E-state index is 11.0. The van der Waals surface area contributed by atoms with Crippen molar-refractivity contribution in [3.63, 3.8) is 0 Å². The van der Waals surface area contributed by atoms with Gasteiger partial charge in [-0.15, -0.1) is 0 Å². The second-order valence-electron chi connectivity index (χ2n) is 5.88. The van der Waals surface area contributed by atoms with Gasteiger partial charge >= 0.3 is 5.69 Å². The van der Waals surface area contributed by atoms with Crippen molar-refractivity contribution in [1.82, 2.24) is 4.90 Å². The summed E-state index contributed by atoms with van der Waals surface area (Å²) in [6.07, 6.45) is 0. The molecule has 21 heavy (non-hydrogen) atoms. The van der Waals surface area contributed by atoms with E-state index in [-0.39, 0.29) is 5.69 Å². The van der Waals surface area contributed by atoms with Gasteiger partial charge in [-0.2, -0.15) is 0 Å². The monoisotopic (exact) mass is 355 g/mol. The molecule has 0 spiro atoms. The highest BCUT2D eigenvalue weighted by molar-refractivity contribution is 9.10. The third-order valence-electron chi connectivity index (χ3n) is 4.45. The summed E-state index contributed by atoms with van der Waals surface area (Å²) in [5, 5.41) is 11.0. The van der Waals surface area contributed by atoms with Crippen LogP contribution in [0.5, 0.6) is 5.75 Å². The van der Waals surface area contributed by atoms with Gasteiger partial charge in [-0.05, 0) is 34.8 Å². The predicted molar refractivity (Wildman–Crippen MR) is 84.0 cm³/mol. The first-order chi connectivity index (χ1) is 9.99. The molecule has 114 valence electrons. The molecule has 0 amide bonds. The third kappa shape index (κ3) is 2.60. The number of anilines is 1. The molecular weight excluding hydrogens is 338 g/mol. The van der Waals surface area contributed by atoms with Gasteiger partial charge in [0.1, 0.15) is 0 Å². The molecule has 0 unspecified atom stereocenters. The molecule has 0 bridgehead atoms. The van der Waals surface area contributed by atoms with Gasteiger partial charge in [-0.25, -0.2) is 0 Å². The topological polar surface area (TPSA) is 58.8 Å². The zero-order chi connectivity index (χ0) is 15.1. The molecule has 1 aromatic rings. The van der Waals surface area contributed by atoms with Gasteiger partial charge in [0.25, 0.3) is 0 Å². The molecule has 0 N–H and O–H groups in total. The minimum Gasteiger partial charge on any atom is -0.490 e. The van der Waals surface area contributed by atoms with E-state index in [1.54, 1.807) is 6.07 Å². The van der Waals surface area contributed by atoms with Gasteiger partial charge in [0.05, 0.1) is 17.7 Å². The highest BCUT2D eigenvalue weighted by Crippen LogP contribution is 2.41. The smallest absolute Gasteiger partial charge is 0.312 e. The minimum absolute atomic E-state index is 0.00718. The van der Waals surface area contributed by atoms with E-state index < -0.39 is 4.92 Å². The Morgan fingerprint density at radius 2 is 1.90 bits per heavy atom. The summed E-state index contributed by atoms with van der Waals surface area (Å²) in [6, 6.07) is 3.31. The van der Waals surface area contributed by atoms with Crippen molar-refractivity contribution in [2.75, 3.05) is 45.2 Å². The van der Waals surface area contributed by atoms with Crippen molar-refractivity contribution in [3.05, 3.63) is 26.7 Å². The van der Waals surface area contributed by atoms with Crippen molar-refractivity contribution in [2.24, 2.45) is 11.8 Å². The van der Waals surface area contributed by atoms with Crippen molar-refractivity contribution in [1.29, 1.82) is 0 Å². The molecule has 2 heterocycles. The first kappa shape index (κ1) is 14.6. The third-order valence-corrected chi connectivity index (χ3v) is 5.09. The van der Waals surface area contributed by atoms with Crippen LogP contribution in [0.3, 0.4) is 0 Å². The molecule has 2 fully saturated rings. The molecule has 1 aromatic carbocycles. The standard InChI is InChI=1S/C14H18BrN3O3/c1-16-5-9-7-17(8-10(9)6-16)12-4-14(21-2)13(18(19)20)3-11(12)15/h3-4,9-10H,5-8H2,1-2H3/t9-,10+. The molecule has 2 aliphatic heterocycles. The lowest BCUT2D eigenvalue weighted by molar-refractivity contribution is -0.385. The predicted octanol–water partition coefficient (Wildman–Crippen LogP) is 2.36. The number of methoxy groups -OCH3 is 1. The number of hydrogen-bond acceptors (Lipinski definition) is 5. The largest absolute Gasteiger partial charge is 0.490 e. The Hall–Kier alpha value is -1.34. The van der Waals surface area contributed by atoms with E-state index in [1.165, 1.54) is 13.2 Å². The summed E-state index contributed by atoms with van der Waals surface area (Å²) in [6.45, 7) is 4.24. The number of nitro benzene ring substituents is 1. The maximum absolute atomic E-state index is 11.0. The first-order valence-corrected chi connectivity index (χ1v) is 7.74. The number of fused-ring (bicyclic) bond motifs is 1. The molecule has 6 nitrogen and oxygen atoms in total. The fraction of sp³-hybridized carbons (Fsp3) is 0.571. The van der Waals surface area contributed by atoms with Crippen LogP contribution in [0.2, 0.25) is 0 Å². The van der Waals surface area contributed by atoms with E-state index in [0.717, 1.165) is 36.3 Å². The number of benzene rings is 1. The number of likely N-dealkylation sites (tertiary alicyclic amines) is 1. The highest BCUT2D eigenvalue weighted by Gasteiger charge is 2.39. The molecule has 2 aliphatic rings. The van der Waals surface area contributed by atoms with Crippen LogP contribution in [0.15, 0.2) is 16.6 Å². The molecule has 2 saturated heterocycles. The normalized spacial score (nSPS) is 25.2. The number of nitrogens with zero attached hydrogens (tertiary/aromatic N) is 3. The lowest BCUT2D eigenvalue weighted by Gasteiger charge is -2.23. The van der Waals surface area contributed by atoms with Gasteiger partial charge < -0.3 is 14.5 Å². The SMILES string of the molecule is COc1cc(N2C[C@H]3CN(C)C[C@H]3C2)c(Br)cc1[N+](=O)[O-]. The second-order valence-corrected chi connectivity index (χ2v) is 6.73. The van der Waals surface area contributed by atoms with Gasteiger partial charge in [-0.1, -0.05) is 0 Å². The Balaban J connectivity index is 1.88. The van der Waals surface area contributed by atoms with Crippen LogP contribution in [0.1, 0.15) is 0 Å². The molecule has 3 rings (SSSR count). The van der Waals surface area contributed by atoms with Crippen molar-refractivity contribution >= 4 is 27.3 Å². The van der Waals surface area contributed by atoms with Crippen molar-refractivity contribution in [2.45, 2.75) is 0 Å². The fourth-order valence-corrected chi connectivity index (χ4v) is 4.09. The molecule has 2 atom stereocenters. The Kier molecular flexibility index (Phi) is 3.79. The Bertz CT molecular complexity index is 567. The first-order valence-electron chi connectivity index (χ1n) is 6.95. The quantitative estimate of drug-likeness (QED) is 0.615. The van der Waals surface area contributed by atoms with E-state index >= 15 is 0 Å². The summed E-state index contributed by atoms with van der Waals surface area (Å²) >= 11 is 3.47. The number of hydrogen-bond donors (Lipinski definition) is 0. The lowest BCUT2D eigenvalue weighted by Crippen LogP contribution is -2.26. The molecule has 0 aliphatic carbocycles. The fourth-order valence-electron chi connectivity index (χ4n) is 3.51. The summed E-state index contributed by atoms with van der Waals surface area (Å²) in [5.41, 5.74) is 0.974. The molecular formula is C14H18BrN3O3. The second kappa shape index (κ2) is 5.46. The zero-order valence-corrected chi connectivity index (χ0v) is 13.7. The Morgan fingerprint density at radius 1 is 1.29 bits per heavy atom. The average Bonchev–Trinajstić information content (AvgIpc) is 2.95. The van der Waals surface area contributed by atoms with Crippen LogP contribution in [-0.2, 0) is 0 Å². The maximum Gasteiger partial charge on any atom is 0.312 e. The van der Waals surface area contributed by atoms with E-state index in [4.69, 9.17) is 4.74 Å². The van der Waals surface area contributed by atoms with Crippen LogP contribution in [0.25, 0.3) is 0 Å². The highest BCUT2D eigenvalue weighted by atomic mass is 79.9. The summed E-state index contributed by atoms with van der Waals surface area (Å²) < 4.78 is 5.93. The van der Waals surface area contributed by atoms with Crippen molar-refractivity contribution < 1.29 is 9.66 Å². The van der Waals surface area contributed by atoms with Gasteiger partial charge in [0, 0.05) is 42.8 Å². The van der Waals surface area contributed by atoms with E-state index in [2.05, 4.69) is 32.8 Å². The van der Waals surface area contributed by atoms with Crippen molar-refractivity contribution in [3.8, 4) is 5.75 Å². The Labute approximate surface area is 131 Å². The summed E-state index contributed by atoms with van der Waals surface area (Å²) in [4.78, 5) is 15.3. The van der Waals surface area contributed by atoms with Crippen LogP contribution < -0.4 is 9.64 Å². The molecule has 0 radical (unpaired) electrons. The van der Waals surface area contributed by atoms with E-state index in [1.807, 2.05) is 0 Å². The van der Waals surface area contributed by atoms with E-state index in [0.29, 0.717) is 17.6 Å². The lowest BCUT2D eigenvalue weighted by atomic mass is 10.0. The van der Waals surface area contributed by atoms with Gasteiger partial charge in [0.15, 0.2) is 5.75 Å². The van der Waals surface area contributed by atoms with Crippen LogP contribution in [-0.4, -0.2) is 50.2 Å². The number of halogens is 1. The van der Waals surface area contributed by atoms with Crippen LogP contribution >= 0.6 is 15.9 Å². The average molecular weight is 356 g/mol. The molecule has 0 aromatic heterocycles. The molecule has 7 heteroatoms. The van der Waals surface area contributed by atoms with Gasteiger partial charge in [-0.3, -0.25) is 10.1 Å². The summed E-state index contributed by atoms with van der Waals surface area (Å²) in [5.74, 6) is 1.68. The van der Waals surface area contributed by atoms with E-state index in [9.17, 15) is 10.1 Å². The minimum atomic E-state index is -0.416. The van der Waals surface area contributed by atoms with Crippen LogP contribution in [0, 0.1) is 22.0 Å². The Morgan fingerprint density at radius 3 is 2.43 bits per heavy atom. The number of rotatable bonds is 3. The molecule has 0 saturated carbocycles. The van der Waals surface area contributed by atoms with Gasteiger partial charge in [0.2, 0.25) is 0 Å². The number of nitro groups is 1. The number of ether oxygens (including phenoxy) is 1. The summed E-state index contributed by atoms with van der Waals surface area (Å²) in [7, 11) is 3.63. The zero-order valence-electron chi connectivity index (χ0n) is 12.1.